The van der Waals surface area contributed by atoms with E-state index in [2.05, 4.69) is 106 Å². The SMILES string of the molecule is CC1=CC2=C3C(C1)C1(CCCCC1)C(C)(C)N3C1CC(C(C)(C)C)CC3=C1B2C1SC(C2=CCCC=C2)CC1N3C1=CCCC=C1. The summed E-state index contributed by atoms with van der Waals surface area (Å²) in [5, 5.41) is 1.22. The minimum Gasteiger partial charge on any atom is -0.363 e. The molecule has 4 heterocycles. The van der Waals surface area contributed by atoms with Crippen molar-refractivity contribution in [3.05, 3.63) is 81.7 Å². The van der Waals surface area contributed by atoms with Gasteiger partial charge in [0.25, 0.3) is 0 Å². The van der Waals surface area contributed by atoms with E-state index in [0.717, 1.165) is 0 Å². The molecule has 6 unspecified atom stereocenters. The first-order chi connectivity index (χ1) is 22.1. The molecule has 4 heteroatoms. The van der Waals surface area contributed by atoms with Crippen LogP contribution in [0.25, 0.3) is 0 Å². The zero-order chi connectivity index (χ0) is 31.6. The summed E-state index contributed by atoms with van der Waals surface area (Å²) in [6.45, 7) is 16.1. The van der Waals surface area contributed by atoms with Crippen molar-refractivity contribution in [2.24, 2.45) is 22.7 Å². The maximum atomic E-state index is 3.15. The van der Waals surface area contributed by atoms with Crippen molar-refractivity contribution >= 4 is 18.5 Å². The zero-order valence-corrected chi connectivity index (χ0v) is 30.4. The minimum atomic E-state index is 0.180. The summed E-state index contributed by atoms with van der Waals surface area (Å²) in [5.74, 6) is 1.40. The van der Waals surface area contributed by atoms with Crippen molar-refractivity contribution < 1.29 is 0 Å². The highest BCUT2D eigenvalue weighted by molar-refractivity contribution is 8.02. The molecule has 2 nitrogen and oxygen atoms in total. The summed E-state index contributed by atoms with van der Waals surface area (Å²) in [6, 6.07) is 1.10. The van der Waals surface area contributed by atoms with Gasteiger partial charge in [0.1, 0.15) is 0 Å². The maximum absolute atomic E-state index is 3.15. The Labute approximate surface area is 284 Å². The molecule has 0 aromatic carbocycles. The lowest BCUT2D eigenvalue weighted by Crippen LogP contribution is -2.64. The van der Waals surface area contributed by atoms with Crippen LogP contribution in [-0.4, -0.2) is 44.5 Å². The molecule has 9 rings (SSSR count). The maximum Gasteiger partial charge on any atom is 0.227 e. The van der Waals surface area contributed by atoms with Crippen LogP contribution in [0.5, 0.6) is 0 Å². The van der Waals surface area contributed by atoms with Crippen molar-refractivity contribution in [3.63, 3.8) is 0 Å². The van der Waals surface area contributed by atoms with Gasteiger partial charge in [-0.15, -0.1) is 0 Å². The Balaban J connectivity index is 1.29. The number of nitrogens with zero attached hydrogens (tertiary/aromatic N) is 2. The van der Waals surface area contributed by atoms with E-state index in [-0.39, 0.29) is 5.54 Å². The van der Waals surface area contributed by atoms with Crippen molar-refractivity contribution in [1.29, 1.82) is 0 Å². The van der Waals surface area contributed by atoms with Crippen LogP contribution >= 0.6 is 11.8 Å². The Morgan fingerprint density at radius 1 is 0.913 bits per heavy atom. The topological polar surface area (TPSA) is 6.48 Å². The van der Waals surface area contributed by atoms with Gasteiger partial charge in [-0.1, -0.05) is 93.0 Å². The third-order valence-electron chi connectivity index (χ3n) is 14.6. The van der Waals surface area contributed by atoms with Gasteiger partial charge in [-0.25, -0.2) is 0 Å². The smallest absolute Gasteiger partial charge is 0.227 e. The first-order valence-electron chi connectivity index (χ1n) is 19.2. The first-order valence-corrected chi connectivity index (χ1v) is 20.2. The van der Waals surface area contributed by atoms with Crippen LogP contribution in [0.1, 0.15) is 125 Å². The normalized spacial score (nSPS) is 37.3. The van der Waals surface area contributed by atoms with Gasteiger partial charge in [0.15, 0.2) is 0 Å². The molecule has 6 atom stereocenters. The van der Waals surface area contributed by atoms with Gasteiger partial charge in [-0.3, -0.25) is 0 Å². The largest absolute Gasteiger partial charge is 0.363 e. The molecule has 5 aliphatic carbocycles. The predicted octanol–water partition coefficient (Wildman–Crippen LogP) is 10.5. The highest BCUT2D eigenvalue weighted by Crippen LogP contribution is 2.69. The Kier molecular flexibility index (Phi) is 6.97. The second-order valence-electron chi connectivity index (χ2n) is 18.2. The average molecular weight is 633 g/mol. The molecule has 0 bridgehead atoms. The number of rotatable bonds is 2. The molecule has 9 aliphatic rings. The van der Waals surface area contributed by atoms with E-state index in [9.17, 15) is 0 Å². The summed E-state index contributed by atoms with van der Waals surface area (Å²) in [5.41, 5.74) is 12.9. The highest BCUT2D eigenvalue weighted by atomic mass is 32.2. The Bertz CT molecular complexity index is 1540. The molecule has 0 aromatic heterocycles. The third-order valence-corrected chi connectivity index (χ3v) is 16.3. The zero-order valence-electron chi connectivity index (χ0n) is 29.6. The summed E-state index contributed by atoms with van der Waals surface area (Å²) in [4.78, 5) is 6.14. The van der Waals surface area contributed by atoms with Gasteiger partial charge in [0.2, 0.25) is 6.71 Å². The van der Waals surface area contributed by atoms with E-state index in [1.54, 1.807) is 22.3 Å². The van der Waals surface area contributed by atoms with Crippen LogP contribution in [-0.2, 0) is 0 Å². The monoisotopic (exact) mass is 632 g/mol. The van der Waals surface area contributed by atoms with E-state index >= 15 is 0 Å². The lowest BCUT2D eigenvalue weighted by molar-refractivity contribution is -0.00291. The summed E-state index contributed by atoms with van der Waals surface area (Å²) < 4.78 is 0. The number of hydrogen-bond acceptors (Lipinski definition) is 3. The molecular weight excluding hydrogens is 575 g/mol. The van der Waals surface area contributed by atoms with E-state index in [0.29, 0.717) is 51.9 Å². The number of allylic oxidation sites excluding steroid dienone is 11. The van der Waals surface area contributed by atoms with Crippen LogP contribution < -0.4 is 0 Å². The second-order valence-corrected chi connectivity index (χ2v) is 19.6. The van der Waals surface area contributed by atoms with Crippen LogP contribution in [0, 0.1) is 22.7 Å². The molecule has 1 saturated carbocycles. The second kappa shape index (κ2) is 10.6. The van der Waals surface area contributed by atoms with Gasteiger partial charge < -0.3 is 9.80 Å². The molecular formula is C42H57BN2S. The molecule has 0 aromatic rings. The molecule has 46 heavy (non-hydrogen) atoms. The Hall–Kier alpha value is -1.81. The fourth-order valence-electron chi connectivity index (χ4n) is 12.4. The molecule has 3 fully saturated rings. The van der Waals surface area contributed by atoms with Crippen LogP contribution in [0.4, 0.5) is 0 Å². The Morgan fingerprint density at radius 2 is 1.67 bits per heavy atom. The lowest BCUT2D eigenvalue weighted by atomic mass is 9.30. The molecule has 244 valence electrons. The summed E-state index contributed by atoms with van der Waals surface area (Å²) in [6.07, 6.45) is 34.9. The average Bonchev–Trinajstić information content (AvgIpc) is 3.56. The van der Waals surface area contributed by atoms with Gasteiger partial charge in [0, 0.05) is 56.4 Å². The molecule has 2 saturated heterocycles. The van der Waals surface area contributed by atoms with E-state index in [1.165, 1.54) is 89.2 Å². The number of hydrogen-bond donors (Lipinski definition) is 0. The van der Waals surface area contributed by atoms with Gasteiger partial charge in [-0.2, -0.15) is 11.8 Å². The van der Waals surface area contributed by atoms with Crippen molar-refractivity contribution in [1.82, 2.24) is 9.80 Å². The molecule has 0 N–H and O–H groups in total. The van der Waals surface area contributed by atoms with Crippen molar-refractivity contribution in [2.75, 3.05) is 0 Å². The van der Waals surface area contributed by atoms with E-state index in [4.69, 9.17) is 0 Å². The number of fused-ring (bicyclic) bond motifs is 5. The minimum absolute atomic E-state index is 0.180. The standard InChI is InChI=1S/C42H57BN2S/c1-27-22-31-38-32(23-27)43-37-33(24-29(40(2,3)4)25-34(37)45(38)41(5,6)42(31)20-14-9-15-21-42)44(30-18-12-8-13-19-30)35-26-36(46-39(35)43)28-16-10-7-11-17-28/h10,12,16-19,23,29,31,34-36,39H,7-9,11,13-15,20-22,24-26H2,1-6H3. The van der Waals surface area contributed by atoms with Crippen LogP contribution in [0.2, 0.25) is 0 Å². The summed E-state index contributed by atoms with van der Waals surface area (Å²) >= 11 is 2.38. The van der Waals surface area contributed by atoms with Gasteiger partial charge in [0.05, 0.1) is 0 Å². The third kappa shape index (κ3) is 4.16. The molecule has 1 spiro atoms. The highest BCUT2D eigenvalue weighted by Gasteiger charge is 2.68. The van der Waals surface area contributed by atoms with Crippen LogP contribution in [0.3, 0.4) is 0 Å². The fourth-order valence-corrected chi connectivity index (χ4v) is 14.3. The van der Waals surface area contributed by atoms with Gasteiger partial charge in [-0.05, 0) is 108 Å². The Morgan fingerprint density at radius 3 is 2.37 bits per heavy atom. The number of thioether (sulfide) groups is 1. The van der Waals surface area contributed by atoms with Gasteiger partial charge >= 0.3 is 0 Å². The molecule has 4 aliphatic heterocycles. The van der Waals surface area contributed by atoms with Crippen molar-refractivity contribution in [2.45, 2.75) is 153 Å². The van der Waals surface area contributed by atoms with Crippen LogP contribution in [0.15, 0.2) is 81.7 Å². The van der Waals surface area contributed by atoms with E-state index < -0.39 is 0 Å². The lowest BCUT2D eigenvalue weighted by Gasteiger charge is -2.59. The van der Waals surface area contributed by atoms with E-state index in [1.807, 2.05) is 11.2 Å². The quantitative estimate of drug-likeness (QED) is 0.280. The first kappa shape index (κ1) is 30.3. The fraction of sp³-hybridized carbons (Fsp3) is 0.667. The molecule has 0 radical (unpaired) electrons. The molecule has 0 amide bonds. The van der Waals surface area contributed by atoms with Crippen molar-refractivity contribution in [3.8, 4) is 0 Å². The summed E-state index contributed by atoms with van der Waals surface area (Å²) in [7, 11) is 0. The predicted molar refractivity (Wildman–Crippen MR) is 197 cm³/mol.